The summed E-state index contributed by atoms with van der Waals surface area (Å²) in [6.45, 7) is 3.37. The summed E-state index contributed by atoms with van der Waals surface area (Å²) in [4.78, 5) is 39.1. The summed E-state index contributed by atoms with van der Waals surface area (Å²) in [5.74, 6) is 0.551. The molecule has 0 unspecified atom stereocenters. The first-order valence-electron chi connectivity index (χ1n) is 15.4. The van der Waals surface area contributed by atoms with Crippen LogP contribution in [0.2, 0.25) is 5.02 Å². The summed E-state index contributed by atoms with van der Waals surface area (Å²) in [5.41, 5.74) is 3.78. The number of nitrogens with one attached hydrogen (secondary N) is 1. The third-order valence-electron chi connectivity index (χ3n) is 8.33. The lowest BCUT2D eigenvalue weighted by Gasteiger charge is -2.44. The van der Waals surface area contributed by atoms with E-state index in [1.54, 1.807) is 6.92 Å². The van der Waals surface area contributed by atoms with E-state index >= 15 is 0 Å². The molecule has 0 aromatic heterocycles. The second kappa shape index (κ2) is 15.8. The maximum Gasteiger partial charge on any atom is 0.290 e. The molecule has 12 heteroatoms. The number of carboxylic acid groups (broad SMARTS) is 1. The predicted octanol–water partition coefficient (Wildman–Crippen LogP) is 5.94. The molecule has 9 nitrogen and oxygen atoms in total. The quantitative estimate of drug-likeness (QED) is 0.197. The van der Waals surface area contributed by atoms with Gasteiger partial charge in [0.15, 0.2) is 0 Å². The van der Waals surface area contributed by atoms with E-state index in [0.717, 1.165) is 39.6 Å². The van der Waals surface area contributed by atoms with Crippen LogP contribution in [-0.4, -0.2) is 77.6 Å². The van der Waals surface area contributed by atoms with Gasteiger partial charge < -0.3 is 29.7 Å². The first kappa shape index (κ1) is 34.4. The monoisotopic (exact) mass is 727 g/mol. The zero-order valence-corrected chi connectivity index (χ0v) is 28.2. The van der Waals surface area contributed by atoms with Gasteiger partial charge in [0.1, 0.15) is 30.5 Å². The number of amides is 2. The van der Waals surface area contributed by atoms with E-state index < -0.39 is 5.82 Å². The molecule has 6 rings (SSSR count). The molecule has 248 valence electrons. The number of benzene rings is 3. The maximum atomic E-state index is 14.5. The Balaban J connectivity index is 0.00000139. The highest BCUT2D eigenvalue weighted by Crippen LogP contribution is 2.38. The molecule has 2 atom stereocenters. The van der Waals surface area contributed by atoms with Crippen LogP contribution in [0.5, 0.6) is 11.5 Å². The van der Waals surface area contributed by atoms with Crippen LogP contribution in [0.4, 0.5) is 4.39 Å². The van der Waals surface area contributed by atoms with Gasteiger partial charge in [-0.25, -0.2) is 4.39 Å². The minimum atomic E-state index is -0.419. The average Bonchev–Trinajstić information content (AvgIpc) is 3.90. The molecule has 2 bridgehead atoms. The number of halogens is 3. The molecule has 3 aromatic carbocycles. The van der Waals surface area contributed by atoms with E-state index in [9.17, 15) is 14.0 Å². The smallest absolute Gasteiger partial charge is 0.290 e. The van der Waals surface area contributed by atoms with Crippen LogP contribution in [-0.2, 0) is 20.9 Å². The molecule has 2 amide bonds. The molecule has 2 fully saturated rings. The summed E-state index contributed by atoms with van der Waals surface area (Å²) < 4.78 is 25.9. The first-order chi connectivity index (χ1) is 22.7. The zero-order valence-electron chi connectivity index (χ0n) is 25.8. The number of hydrogen-bond acceptors (Lipinski definition) is 6. The van der Waals surface area contributed by atoms with Gasteiger partial charge in [-0.05, 0) is 66.3 Å². The lowest BCUT2D eigenvalue weighted by atomic mass is 9.82. The highest BCUT2D eigenvalue weighted by atomic mass is 79.9. The van der Waals surface area contributed by atoms with Gasteiger partial charge in [0.2, 0.25) is 5.91 Å². The molecular weight excluding hydrogens is 693 g/mol. The van der Waals surface area contributed by atoms with Crippen LogP contribution in [0.15, 0.2) is 76.8 Å². The average molecular weight is 729 g/mol. The second-order valence-corrected chi connectivity index (χ2v) is 12.9. The molecule has 1 aliphatic carbocycles. The molecule has 1 saturated carbocycles. The van der Waals surface area contributed by atoms with Gasteiger partial charge in [-0.1, -0.05) is 57.9 Å². The Morgan fingerprint density at radius 3 is 2.47 bits per heavy atom. The summed E-state index contributed by atoms with van der Waals surface area (Å²) >= 11 is 9.73. The predicted molar refractivity (Wildman–Crippen MR) is 180 cm³/mol. The summed E-state index contributed by atoms with van der Waals surface area (Å²) in [6.07, 6.45) is 2.61. The van der Waals surface area contributed by atoms with Gasteiger partial charge in [-0.15, -0.1) is 0 Å². The third-order valence-corrected chi connectivity index (χ3v) is 9.42. The van der Waals surface area contributed by atoms with Crippen molar-refractivity contribution >= 4 is 51.4 Å². The number of fused-ring (bicyclic) bond motifs is 2. The van der Waals surface area contributed by atoms with Crippen molar-refractivity contribution < 1.29 is 33.4 Å². The third kappa shape index (κ3) is 8.71. The van der Waals surface area contributed by atoms with Crippen molar-refractivity contribution in [3.05, 3.63) is 98.7 Å². The highest BCUT2D eigenvalue weighted by molar-refractivity contribution is 9.10. The van der Waals surface area contributed by atoms with Gasteiger partial charge in [-0.2, -0.15) is 0 Å². The van der Waals surface area contributed by atoms with E-state index in [4.69, 9.17) is 31.0 Å². The van der Waals surface area contributed by atoms with Crippen molar-refractivity contribution in [2.24, 2.45) is 0 Å². The van der Waals surface area contributed by atoms with Crippen LogP contribution in [0.25, 0.3) is 5.57 Å². The van der Waals surface area contributed by atoms with E-state index in [1.807, 2.05) is 58.3 Å². The van der Waals surface area contributed by atoms with Crippen LogP contribution in [0.1, 0.15) is 37.3 Å². The van der Waals surface area contributed by atoms with Gasteiger partial charge in [0.25, 0.3) is 12.4 Å². The number of nitrogens with zero attached hydrogens (tertiary/aromatic N) is 2. The normalized spacial score (nSPS) is 18.5. The fourth-order valence-corrected chi connectivity index (χ4v) is 6.58. The molecule has 3 aliphatic rings. The Kier molecular flexibility index (Phi) is 11.5. The largest absolute Gasteiger partial charge is 0.490 e. The Bertz CT molecular complexity index is 1630. The minimum absolute atomic E-state index is 0.0214. The Morgan fingerprint density at radius 2 is 1.79 bits per heavy atom. The summed E-state index contributed by atoms with van der Waals surface area (Å²) in [5, 5.41) is 10.9. The van der Waals surface area contributed by atoms with Crippen molar-refractivity contribution in [2.45, 2.75) is 50.9 Å². The van der Waals surface area contributed by atoms with E-state index in [2.05, 4.69) is 21.2 Å². The van der Waals surface area contributed by atoms with E-state index in [-0.39, 0.29) is 55.4 Å². The molecule has 0 radical (unpaired) electrons. The van der Waals surface area contributed by atoms with Crippen molar-refractivity contribution in [3.8, 4) is 11.5 Å². The molecule has 47 heavy (non-hydrogen) atoms. The van der Waals surface area contributed by atoms with Crippen molar-refractivity contribution in [1.82, 2.24) is 15.1 Å². The molecule has 2 N–H and O–H groups in total. The Hall–Kier alpha value is -3.93. The van der Waals surface area contributed by atoms with Crippen LogP contribution in [0.3, 0.4) is 0 Å². The second-order valence-electron chi connectivity index (χ2n) is 11.6. The Morgan fingerprint density at radius 1 is 1.09 bits per heavy atom. The van der Waals surface area contributed by atoms with Gasteiger partial charge >= 0.3 is 0 Å². The van der Waals surface area contributed by atoms with Gasteiger partial charge in [-0.3, -0.25) is 14.4 Å². The Labute approximate surface area is 286 Å². The van der Waals surface area contributed by atoms with Gasteiger partial charge in [0, 0.05) is 54.8 Å². The lowest BCUT2D eigenvalue weighted by Crippen LogP contribution is -2.61. The number of carbonyl (C=O) groups is 3. The fourth-order valence-electron chi connectivity index (χ4n) is 5.99. The van der Waals surface area contributed by atoms with Crippen molar-refractivity contribution in [2.75, 3.05) is 26.3 Å². The number of piperazine rings is 1. The standard InChI is InChI=1S/C34H34BrClFN3O4.CH2O2/c1-21(41)39-19-25-17-28(22-6-11-27(12-7-22)43-14-15-44-32-16-24(37)8-13-30(32)36)33(31(20-39)38-25)34(42)40(26-9-10-26)18-23-4-2-3-5-29(23)35;2-1-3/h2-8,11-13,16,25-26,31,38H,9-10,14-15,17-20H2,1H3;1H,(H,2,3)/t25-,31-;/m1./s1. The van der Waals surface area contributed by atoms with Crippen molar-refractivity contribution in [3.63, 3.8) is 0 Å². The molecule has 1 saturated heterocycles. The number of ether oxygens (including phenoxy) is 2. The van der Waals surface area contributed by atoms with Gasteiger partial charge in [0.05, 0.1) is 11.1 Å². The van der Waals surface area contributed by atoms with Crippen LogP contribution in [0, 0.1) is 5.82 Å². The van der Waals surface area contributed by atoms with E-state index in [0.29, 0.717) is 36.8 Å². The maximum absolute atomic E-state index is 14.5. The van der Waals surface area contributed by atoms with Crippen LogP contribution >= 0.6 is 27.5 Å². The first-order valence-corrected chi connectivity index (χ1v) is 16.5. The molecule has 2 aliphatic heterocycles. The SMILES string of the molecule is CC(=O)N1C[C@H]2CC(c3ccc(OCCOc4cc(F)ccc4Cl)cc3)=C(C(=O)N(Cc3ccccc3Br)C3CC3)[C@@H](C1)N2.O=CO. The molecule has 3 aromatic rings. The topological polar surface area (TPSA) is 108 Å². The minimum Gasteiger partial charge on any atom is -0.490 e. The highest BCUT2D eigenvalue weighted by Gasteiger charge is 2.43. The molecular formula is C35H36BrClFN3O6. The number of carbonyl (C=O) groups excluding carboxylic acids is 2. The zero-order chi connectivity index (χ0) is 33.5. The summed E-state index contributed by atoms with van der Waals surface area (Å²) in [7, 11) is 0. The van der Waals surface area contributed by atoms with E-state index in [1.165, 1.54) is 18.2 Å². The number of rotatable bonds is 10. The number of hydrogen-bond donors (Lipinski definition) is 2. The van der Waals surface area contributed by atoms with Crippen molar-refractivity contribution in [1.29, 1.82) is 0 Å². The molecule has 2 heterocycles. The fraction of sp³-hybridized carbons (Fsp3) is 0.343. The summed E-state index contributed by atoms with van der Waals surface area (Å²) in [6, 6.07) is 19.8. The van der Waals surface area contributed by atoms with Crippen LogP contribution < -0.4 is 14.8 Å². The lowest BCUT2D eigenvalue weighted by molar-refractivity contribution is -0.132. The molecule has 0 spiro atoms.